The summed E-state index contributed by atoms with van der Waals surface area (Å²) >= 11 is 0. The Balaban J connectivity index is 1.45. The van der Waals surface area contributed by atoms with Gasteiger partial charge in [-0.1, -0.05) is 18.2 Å². The third-order valence-corrected chi connectivity index (χ3v) is 6.23. The van der Waals surface area contributed by atoms with E-state index >= 15 is 0 Å². The Morgan fingerprint density at radius 2 is 2.00 bits per heavy atom. The number of ether oxygens (including phenoxy) is 1. The van der Waals surface area contributed by atoms with Crippen molar-refractivity contribution >= 4 is 11.9 Å². The van der Waals surface area contributed by atoms with E-state index in [0.717, 1.165) is 66.4 Å². The maximum absolute atomic E-state index is 13.4. The third-order valence-electron chi connectivity index (χ3n) is 6.23. The van der Waals surface area contributed by atoms with Gasteiger partial charge in [-0.05, 0) is 73.2 Å². The summed E-state index contributed by atoms with van der Waals surface area (Å²) in [5, 5.41) is 0. The number of amidine groups is 1. The Morgan fingerprint density at radius 1 is 1.16 bits per heavy atom. The van der Waals surface area contributed by atoms with Gasteiger partial charge < -0.3 is 14.2 Å². The van der Waals surface area contributed by atoms with Gasteiger partial charge in [-0.2, -0.15) is 0 Å². The topological polar surface area (TPSA) is 42.6 Å². The average Bonchev–Trinajstić information content (AvgIpc) is 3.25. The third kappa shape index (κ3) is 3.93. The van der Waals surface area contributed by atoms with E-state index in [2.05, 4.69) is 34.2 Å². The highest BCUT2D eigenvalue weighted by atomic mass is 19.1. The number of aryl methyl sites for hydroxylation is 1. The number of fused-ring (bicyclic) bond motifs is 1. The number of benzene rings is 2. The van der Waals surface area contributed by atoms with Crippen molar-refractivity contribution in [2.75, 3.05) is 20.2 Å². The van der Waals surface area contributed by atoms with Crippen molar-refractivity contribution in [1.29, 1.82) is 0 Å². The summed E-state index contributed by atoms with van der Waals surface area (Å²) in [6.07, 6.45) is 9.04. The minimum absolute atomic E-state index is 0.194. The summed E-state index contributed by atoms with van der Waals surface area (Å²) in [5.74, 6) is 1.69. The molecule has 5 nitrogen and oxygen atoms in total. The molecule has 5 rings (SSSR count). The lowest BCUT2D eigenvalue weighted by atomic mass is 9.93. The lowest BCUT2D eigenvalue weighted by Crippen LogP contribution is -2.42. The number of piperidine rings is 1. The van der Waals surface area contributed by atoms with E-state index < -0.39 is 0 Å². The van der Waals surface area contributed by atoms with E-state index in [9.17, 15) is 4.39 Å². The van der Waals surface area contributed by atoms with E-state index in [-0.39, 0.29) is 11.9 Å². The number of hydrogen-bond acceptors (Lipinski definition) is 4. The summed E-state index contributed by atoms with van der Waals surface area (Å²) in [7, 11) is 1.69. The molecule has 0 bridgehead atoms. The molecule has 0 spiro atoms. The van der Waals surface area contributed by atoms with Crippen LogP contribution in [-0.2, 0) is 0 Å². The number of halogens is 1. The van der Waals surface area contributed by atoms with Crippen molar-refractivity contribution in [3.63, 3.8) is 0 Å². The highest BCUT2D eigenvalue weighted by Crippen LogP contribution is 2.35. The molecule has 1 fully saturated rings. The van der Waals surface area contributed by atoms with Gasteiger partial charge in [0.25, 0.3) is 0 Å². The Bertz CT molecular complexity index is 1180. The van der Waals surface area contributed by atoms with Crippen LogP contribution >= 0.6 is 0 Å². The number of methoxy groups -OCH3 is 1. The molecule has 0 amide bonds. The lowest BCUT2D eigenvalue weighted by Gasteiger charge is -2.41. The van der Waals surface area contributed by atoms with Gasteiger partial charge in [0.1, 0.15) is 17.4 Å². The van der Waals surface area contributed by atoms with Crippen LogP contribution in [0.3, 0.4) is 0 Å². The molecule has 2 aliphatic rings. The summed E-state index contributed by atoms with van der Waals surface area (Å²) < 4.78 is 21.1. The second kappa shape index (κ2) is 8.61. The number of rotatable bonds is 4. The van der Waals surface area contributed by atoms with Gasteiger partial charge in [-0.15, -0.1) is 0 Å². The van der Waals surface area contributed by atoms with Gasteiger partial charge in [0.2, 0.25) is 0 Å². The smallest absolute Gasteiger partial charge is 0.143 e. The molecule has 3 aromatic rings. The predicted octanol–water partition coefficient (Wildman–Crippen LogP) is 5.35. The molecule has 32 heavy (non-hydrogen) atoms. The van der Waals surface area contributed by atoms with Gasteiger partial charge >= 0.3 is 0 Å². The summed E-state index contributed by atoms with van der Waals surface area (Å²) in [4.78, 5) is 11.6. The molecule has 6 heteroatoms. The van der Waals surface area contributed by atoms with Crippen LogP contribution in [0.5, 0.6) is 5.75 Å². The van der Waals surface area contributed by atoms with E-state index in [1.165, 1.54) is 5.57 Å². The maximum Gasteiger partial charge on any atom is 0.143 e. The fourth-order valence-electron chi connectivity index (χ4n) is 4.71. The number of imidazole rings is 1. The molecular formula is C26H27FN4O. The first-order valence-electron chi connectivity index (χ1n) is 11.1. The van der Waals surface area contributed by atoms with Crippen molar-refractivity contribution in [2.24, 2.45) is 4.99 Å². The Kier molecular flexibility index (Phi) is 5.52. The van der Waals surface area contributed by atoms with E-state index in [1.807, 2.05) is 29.8 Å². The molecule has 3 heterocycles. The van der Waals surface area contributed by atoms with Crippen LogP contribution in [0.15, 0.2) is 65.6 Å². The zero-order valence-corrected chi connectivity index (χ0v) is 18.5. The average molecular weight is 431 g/mol. The minimum atomic E-state index is -0.194. The fourth-order valence-corrected chi connectivity index (χ4v) is 4.71. The second-order valence-electron chi connectivity index (χ2n) is 8.38. The van der Waals surface area contributed by atoms with Crippen molar-refractivity contribution in [2.45, 2.75) is 32.2 Å². The first-order chi connectivity index (χ1) is 15.6. The van der Waals surface area contributed by atoms with Gasteiger partial charge in [0.15, 0.2) is 0 Å². The normalized spacial score (nSPS) is 19.6. The first kappa shape index (κ1) is 20.5. The highest BCUT2D eigenvalue weighted by Gasteiger charge is 2.31. The zero-order chi connectivity index (χ0) is 22.1. The Labute approximate surface area is 187 Å². The van der Waals surface area contributed by atoms with Crippen LogP contribution in [-0.4, -0.2) is 40.5 Å². The van der Waals surface area contributed by atoms with Gasteiger partial charge in [0, 0.05) is 19.3 Å². The quantitative estimate of drug-likeness (QED) is 0.560. The fraction of sp³-hybridized carbons (Fsp3) is 0.308. The molecule has 2 aromatic carbocycles. The minimum Gasteiger partial charge on any atom is -0.495 e. The molecule has 164 valence electrons. The SMILES string of the molecule is COc1cc(C=C2CCCN3C2=NCCC3c2ccc(F)cc2)ccc1-n1cnc(C)c1. The summed E-state index contributed by atoms with van der Waals surface area (Å²) in [5.41, 5.74) is 5.42. The Hall–Kier alpha value is -3.41. The van der Waals surface area contributed by atoms with E-state index in [1.54, 1.807) is 25.6 Å². The monoisotopic (exact) mass is 430 g/mol. The molecule has 1 aromatic heterocycles. The van der Waals surface area contributed by atoms with E-state index in [4.69, 9.17) is 9.73 Å². The van der Waals surface area contributed by atoms with Crippen LogP contribution < -0.4 is 4.74 Å². The van der Waals surface area contributed by atoms with Crippen LogP contribution in [0.1, 0.15) is 42.1 Å². The second-order valence-corrected chi connectivity index (χ2v) is 8.38. The predicted molar refractivity (Wildman–Crippen MR) is 125 cm³/mol. The van der Waals surface area contributed by atoms with Gasteiger partial charge in [-0.3, -0.25) is 4.99 Å². The van der Waals surface area contributed by atoms with Crippen LogP contribution in [0.2, 0.25) is 0 Å². The molecular weight excluding hydrogens is 403 g/mol. The molecule has 0 aliphatic carbocycles. The Morgan fingerprint density at radius 3 is 2.75 bits per heavy atom. The molecule has 0 saturated carbocycles. The number of hydrogen-bond donors (Lipinski definition) is 0. The van der Waals surface area contributed by atoms with Gasteiger partial charge in [0.05, 0.1) is 30.9 Å². The van der Waals surface area contributed by atoms with Crippen molar-refractivity contribution < 1.29 is 9.13 Å². The standard InChI is InChI=1S/C26H27FN4O/c1-18-16-30(17-29-18)24-10-5-19(15-25(24)32-2)14-21-4-3-13-31-23(11-12-28-26(21)31)20-6-8-22(27)9-7-20/h5-10,14-17,23H,3-4,11-13H2,1-2H3. The van der Waals surface area contributed by atoms with Crippen LogP contribution in [0.4, 0.5) is 4.39 Å². The molecule has 0 N–H and O–H groups in total. The van der Waals surface area contributed by atoms with E-state index in [0.29, 0.717) is 0 Å². The number of aliphatic imine (C=N–C) groups is 1. The molecule has 1 unspecified atom stereocenters. The van der Waals surface area contributed by atoms with Crippen molar-refractivity contribution in [1.82, 2.24) is 14.5 Å². The number of nitrogens with zero attached hydrogens (tertiary/aromatic N) is 4. The molecule has 0 radical (unpaired) electrons. The van der Waals surface area contributed by atoms with Gasteiger partial charge in [-0.25, -0.2) is 9.37 Å². The molecule has 1 saturated heterocycles. The van der Waals surface area contributed by atoms with Crippen molar-refractivity contribution in [3.05, 3.63) is 83.2 Å². The van der Waals surface area contributed by atoms with Crippen LogP contribution in [0, 0.1) is 12.7 Å². The maximum atomic E-state index is 13.4. The zero-order valence-electron chi connectivity index (χ0n) is 18.5. The van der Waals surface area contributed by atoms with Crippen LogP contribution in [0.25, 0.3) is 11.8 Å². The molecule has 1 atom stereocenters. The first-order valence-corrected chi connectivity index (χ1v) is 11.1. The highest BCUT2D eigenvalue weighted by molar-refractivity contribution is 6.03. The summed E-state index contributed by atoms with van der Waals surface area (Å²) in [6, 6.07) is 13.4. The summed E-state index contributed by atoms with van der Waals surface area (Å²) in [6.45, 7) is 3.73. The largest absolute Gasteiger partial charge is 0.495 e. The number of aromatic nitrogens is 2. The lowest BCUT2D eigenvalue weighted by molar-refractivity contribution is 0.273. The van der Waals surface area contributed by atoms with Crippen molar-refractivity contribution in [3.8, 4) is 11.4 Å². The molecule has 2 aliphatic heterocycles.